The van der Waals surface area contributed by atoms with Gasteiger partial charge in [-0.2, -0.15) is 0 Å². The van der Waals surface area contributed by atoms with Crippen LogP contribution in [0.4, 0.5) is 11.4 Å². The third kappa shape index (κ3) is 3.08. The molecule has 0 radical (unpaired) electrons. The largest absolute Gasteiger partial charge is 0.399 e. The molecule has 26 heavy (non-hydrogen) atoms. The Hall–Kier alpha value is -3.80. The van der Waals surface area contributed by atoms with Crippen molar-refractivity contribution in [1.82, 2.24) is 0 Å². The second-order valence-electron chi connectivity index (χ2n) is 5.89. The number of nitrogen functional groups attached to an aromatic ring is 2. The van der Waals surface area contributed by atoms with Crippen molar-refractivity contribution in [3.05, 3.63) is 71.8 Å². The van der Waals surface area contributed by atoms with E-state index in [4.69, 9.17) is 22.9 Å². The lowest BCUT2D eigenvalue weighted by Gasteiger charge is -2.17. The first kappa shape index (κ1) is 17.0. The standard InChI is InChI=1S/C20H18N4O2/c21-13-5-1-3-11(9-13)15-7-8-16(19(23)25)18(20(24)26)17(15)12-4-2-6-14(22)10-12/h1-10H,21-22H2,(H2,23,25)(H2,24,26). The maximum Gasteiger partial charge on any atom is 0.250 e. The summed E-state index contributed by atoms with van der Waals surface area (Å²) in [5, 5.41) is 0. The summed E-state index contributed by atoms with van der Waals surface area (Å²) in [5.74, 6) is -1.48. The average Bonchev–Trinajstić information content (AvgIpc) is 2.60. The summed E-state index contributed by atoms with van der Waals surface area (Å²) in [6, 6.07) is 17.4. The van der Waals surface area contributed by atoms with Crippen LogP contribution in [0.3, 0.4) is 0 Å². The monoisotopic (exact) mass is 346 g/mol. The first-order valence-corrected chi connectivity index (χ1v) is 7.87. The normalized spacial score (nSPS) is 10.5. The van der Waals surface area contributed by atoms with E-state index in [0.717, 1.165) is 5.56 Å². The Labute approximate surface area is 150 Å². The van der Waals surface area contributed by atoms with Crippen molar-refractivity contribution in [2.24, 2.45) is 11.5 Å². The summed E-state index contributed by atoms with van der Waals surface area (Å²) in [5.41, 5.74) is 26.7. The van der Waals surface area contributed by atoms with Gasteiger partial charge in [0.25, 0.3) is 0 Å². The molecule has 3 rings (SSSR count). The van der Waals surface area contributed by atoms with Gasteiger partial charge in [0.15, 0.2) is 0 Å². The number of carbonyl (C=O) groups is 2. The van der Waals surface area contributed by atoms with Crippen molar-refractivity contribution >= 4 is 23.2 Å². The van der Waals surface area contributed by atoms with E-state index in [0.29, 0.717) is 28.1 Å². The molecule has 0 atom stereocenters. The van der Waals surface area contributed by atoms with E-state index >= 15 is 0 Å². The summed E-state index contributed by atoms with van der Waals surface area (Å²) >= 11 is 0. The molecule has 0 saturated heterocycles. The number of primary amides is 2. The molecular weight excluding hydrogens is 328 g/mol. The number of hydrogen-bond acceptors (Lipinski definition) is 4. The van der Waals surface area contributed by atoms with Crippen LogP contribution in [0.2, 0.25) is 0 Å². The van der Waals surface area contributed by atoms with Gasteiger partial charge in [0.1, 0.15) is 0 Å². The summed E-state index contributed by atoms with van der Waals surface area (Å²) in [4.78, 5) is 24.1. The third-order valence-electron chi connectivity index (χ3n) is 4.09. The number of anilines is 2. The Morgan fingerprint density at radius 2 is 1.27 bits per heavy atom. The SMILES string of the molecule is NC(=O)c1ccc(-c2cccc(N)c2)c(-c2cccc(N)c2)c1C(N)=O. The van der Waals surface area contributed by atoms with Crippen LogP contribution in [-0.4, -0.2) is 11.8 Å². The van der Waals surface area contributed by atoms with Crippen LogP contribution in [0.5, 0.6) is 0 Å². The summed E-state index contributed by atoms with van der Waals surface area (Å²) in [6.45, 7) is 0. The molecule has 8 N–H and O–H groups in total. The van der Waals surface area contributed by atoms with Gasteiger partial charge in [0.2, 0.25) is 11.8 Å². The highest BCUT2D eigenvalue weighted by molar-refractivity contribution is 6.13. The molecule has 3 aromatic carbocycles. The molecular formula is C20H18N4O2. The second kappa shape index (κ2) is 6.60. The maximum atomic E-state index is 12.2. The molecule has 0 saturated carbocycles. The van der Waals surface area contributed by atoms with Gasteiger partial charge >= 0.3 is 0 Å². The zero-order valence-corrected chi connectivity index (χ0v) is 13.9. The van der Waals surface area contributed by atoms with Crippen molar-refractivity contribution in [3.63, 3.8) is 0 Å². The van der Waals surface area contributed by atoms with Gasteiger partial charge in [-0.05, 0) is 47.0 Å². The molecule has 6 nitrogen and oxygen atoms in total. The number of amides is 2. The quantitative estimate of drug-likeness (QED) is 0.539. The highest BCUT2D eigenvalue weighted by Gasteiger charge is 2.22. The number of carbonyl (C=O) groups excluding carboxylic acids is 2. The highest BCUT2D eigenvalue weighted by Crippen LogP contribution is 2.37. The zero-order valence-electron chi connectivity index (χ0n) is 13.9. The van der Waals surface area contributed by atoms with Crippen molar-refractivity contribution < 1.29 is 9.59 Å². The molecule has 6 heteroatoms. The van der Waals surface area contributed by atoms with Gasteiger partial charge in [-0.1, -0.05) is 30.3 Å². The predicted octanol–water partition coefficient (Wildman–Crippen LogP) is 2.38. The van der Waals surface area contributed by atoms with E-state index < -0.39 is 11.8 Å². The second-order valence-corrected chi connectivity index (χ2v) is 5.89. The number of hydrogen-bond donors (Lipinski definition) is 4. The average molecular weight is 346 g/mol. The fourth-order valence-electron chi connectivity index (χ4n) is 3.00. The maximum absolute atomic E-state index is 12.2. The first-order chi connectivity index (χ1) is 12.4. The van der Waals surface area contributed by atoms with Crippen LogP contribution in [0, 0.1) is 0 Å². The lowest BCUT2D eigenvalue weighted by Crippen LogP contribution is -2.22. The fraction of sp³-hybridized carbons (Fsp3) is 0. The van der Waals surface area contributed by atoms with Crippen molar-refractivity contribution in [2.45, 2.75) is 0 Å². The minimum absolute atomic E-state index is 0.0579. The van der Waals surface area contributed by atoms with E-state index in [1.54, 1.807) is 48.5 Å². The van der Waals surface area contributed by atoms with Crippen LogP contribution in [0.1, 0.15) is 20.7 Å². The van der Waals surface area contributed by atoms with E-state index in [2.05, 4.69) is 0 Å². The molecule has 3 aromatic rings. The predicted molar refractivity (Wildman–Crippen MR) is 103 cm³/mol. The van der Waals surface area contributed by atoms with E-state index in [-0.39, 0.29) is 11.1 Å². The van der Waals surface area contributed by atoms with Crippen LogP contribution in [-0.2, 0) is 0 Å². The number of benzene rings is 3. The molecule has 2 amide bonds. The van der Waals surface area contributed by atoms with Gasteiger partial charge < -0.3 is 22.9 Å². The first-order valence-electron chi connectivity index (χ1n) is 7.87. The topological polar surface area (TPSA) is 138 Å². The van der Waals surface area contributed by atoms with Gasteiger partial charge in [0, 0.05) is 16.9 Å². The third-order valence-corrected chi connectivity index (χ3v) is 4.09. The van der Waals surface area contributed by atoms with Crippen LogP contribution >= 0.6 is 0 Å². The highest BCUT2D eigenvalue weighted by atomic mass is 16.2. The molecule has 0 aliphatic rings. The molecule has 0 fully saturated rings. The Balaban J connectivity index is 2.44. The van der Waals surface area contributed by atoms with E-state index in [9.17, 15) is 9.59 Å². The Kier molecular flexibility index (Phi) is 4.33. The lowest BCUT2D eigenvalue weighted by molar-refractivity contribution is 0.0968. The molecule has 0 heterocycles. The zero-order chi connectivity index (χ0) is 18.8. The van der Waals surface area contributed by atoms with Gasteiger partial charge in [-0.15, -0.1) is 0 Å². The minimum atomic E-state index is -0.748. The Morgan fingerprint density at radius 1 is 0.692 bits per heavy atom. The van der Waals surface area contributed by atoms with Crippen LogP contribution in [0.25, 0.3) is 22.3 Å². The Bertz CT molecular complexity index is 1030. The molecule has 0 aliphatic heterocycles. The number of nitrogens with two attached hydrogens (primary N) is 4. The molecule has 0 spiro atoms. The van der Waals surface area contributed by atoms with Crippen molar-refractivity contribution in [3.8, 4) is 22.3 Å². The van der Waals surface area contributed by atoms with Gasteiger partial charge in [-0.25, -0.2) is 0 Å². The minimum Gasteiger partial charge on any atom is -0.399 e. The van der Waals surface area contributed by atoms with Gasteiger partial charge in [0.05, 0.1) is 11.1 Å². The molecule has 0 aliphatic carbocycles. The summed E-state index contributed by atoms with van der Waals surface area (Å²) in [7, 11) is 0. The van der Waals surface area contributed by atoms with Crippen LogP contribution in [0.15, 0.2) is 60.7 Å². The van der Waals surface area contributed by atoms with E-state index in [1.165, 1.54) is 6.07 Å². The smallest absolute Gasteiger partial charge is 0.250 e. The van der Waals surface area contributed by atoms with Crippen molar-refractivity contribution in [2.75, 3.05) is 11.5 Å². The summed E-state index contributed by atoms with van der Waals surface area (Å²) < 4.78 is 0. The molecule has 0 aromatic heterocycles. The molecule has 130 valence electrons. The Morgan fingerprint density at radius 3 is 1.81 bits per heavy atom. The van der Waals surface area contributed by atoms with Crippen LogP contribution < -0.4 is 22.9 Å². The summed E-state index contributed by atoms with van der Waals surface area (Å²) in [6.07, 6.45) is 0. The lowest BCUT2D eigenvalue weighted by atomic mass is 9.87. The van der Waals surface area contributed by atoms with Gasteiger partial charge in [-0.3, -0.25) is 9.59 Å². The fourth-order valence-corrected chi connectivity index (χ4v) is 3.00. The molecule has 0 bridgehead atoms. The number of rotatable bonds is 4. The molecule has 0 unspecified atom stereocenters. The van der Waals surface area contributed by atoms with E-state index in [1.807, 2.05) is 6.07 Å². The van der Waals surface area contributed by atoms with Crippen molar-refractivity contribution in [1.29, 1.82) is 0 Å².